The highest BCUT2D eigenvalue weighted by atomic mass is 16.2. The van der Waals surface area contributed by atoms with Gasteiger partial charge >= 0.3 is 0 Å². The summed E-state index contributed by atoms with van der Waals surface area (Å²) in [5, 5.41) is 9.55. The number of H-pyrrole nitrogens is 1. The number of carbonyl (C=O) groups is 2. The van der Waals surface area contributed by atoms with Crippen LogP contribution in [0.1, 0.15) is 23.3 Å². The first-order chi connectivity index (χ1) is 10.7. The van der Waals surface area contributed by atoms with Crippen LogP contribution >= 0.6 is 0 Å². The number of aromatic nitrogens is 2. The van der Waals surface area contributed by atoms with Crippen molar-refractivity contribution in [2.75, 3.05) is 19.6 Å². The van der Waals surface area contributed by atoms with Gasteiger partial charge in [-0.2, -0.15) is 5.10 Å². The summed E-state index contributed by atoms with van der Waals surface area (Å²) in [6.45, 7) is 1.43. The van der Waals surface area contributed by atoms with Crippen molar-refractivity contribution in [3.63, 3.8) is 0 Å². The van der Waals surface area contributed by atoms with Gasteiger partial charge < -0.3 is 10.2 Å². The minimum atomic E-state index is -0.472. The van der Waals surface area contributed by atoms with E-state index < -0.39 is 5.91 Å². The quantitative estimate of drug-likeness (QED) is 0.851. The molecule has 0 bridgehead atoms. The molecule has 2 heterocycles. The van der Waals surface area contributed by atoms with Crippen LogP contribution in [0.3, 0.4) is 0 Å². The third-order valence-electron chi connectivity index (χ3n) is 3.77. The van der Waals surface area contributed by atoms with Crippen LogP contribution in [-0.4, -0.2) is 46.5 Å². The standard InChI is InChI=1S/C15H16N4O3/c20-12(19-7-3-4-8-19)9-16-15(22)13-10-5-1-2-6-11(10)14(21)18-17-13/h1-2,5-6H,3-4,7-9H2,(H,16,22)(H,18,21). The number of carbonyl (C=O) groups excluding carboxylic acids is 2. The van der Waals surface area contributed by atoms with E-state index in [2.05, 4.69) is 15.5 Å². The smallest absolute Gasteiger partial charge is 0.272 e. The Morgan fingerprint density at radius 3 is 2.59 bits per heavy atom. The number of nitrogens with one attached hydrogen (secondary N) is 2. The van der Waals surface area contributed by atoms with Gasteiger partial charge in [-0.25, -0.2) is 5.10 Å². The molecule has 1 saturated heterocycles. The van der Waals surface area contributed by atoms with Gasteiger partial charge in [0.1, 0.15) is 0 Å². The molecule has 0 atom stereocenters. The van der Waals surface area contributed by atoms with Gasteiger partial charge in [-0.05, 0) is 18.9 Å². The second kappa shape index (κ2) is 5.97. The Morgan fingerprint density at radius 1 is 1.18 bits per heavy atom. The molecular formula is C15H16N4O3. The Bertz CT molecular complexity index is 778. The fourth-order valence-corrected chi connectivity index (χ4v) is 2.61. The number of hydrogen-bond acceptors (Lipinski definition) is 4. The first-order valence-electron chi connectivity index (χ1n) is 7.20. The summed E-state index contributed by atoms with van der Waals surface area (Å²) >= 11 is 0. The highest BCUT2D eigenvalue weighted by Crippen LogP contribution is 2.12. The van der Waals surface area contributed by atoms with Crippen LogP contribution in [0.4, 0.5) is 0 Å². The average molecular weight is 300 g/mol. The third kappa shape index (κ3) is 2.69. The zero-order valence-corrected chi connectivity index (χ0v) is 12.0. The monoisotopic (exact) mass is 300 g/mol. The van der Waals surface area contributed by atoms with Gasteiger partial charge in [-0.3, -0.25) is 14.4 Å². The van der Waals surface area contributed by atoms with Crippen LogP contribution < -0.4 is 10.9 Å². The SMILES string of the molecule is O=C(NCC(=O)N1CCCC1)c1n[nH]c(=O)c2ccccc12. The normalized spacial score (nSPS) is 14.3. The molecule has 114 valence electrons. The Hall–Kier alpha value is -2.70. The lowest BCUT2D eigenvalue weighted by atomic mass is 10.1. The number of amides is 2. The maximum absolute atomic E-state index is 12.2. The van der Waals surface area contributed by atoms with Gasteiger partial charge in [0.05, 0.1) is 11.9 Å². The summed E-state index contributed by atoms with van der Waals surface area (Å²) in [7, 11) is 0. The van der Waals surface area contributed by atoms with E-state index in [1.807, 2.05) is 0 Å². The maximum atomic E-state index is 12.2. The fourth-order valence-electron chi connectivity index (χ4n) is 2.61. The van der Waals surface area contributed by atoms with Crippen molar-refractivity contribution in [3.8, 4) is 0 Å². The van der Waals surface area contributed by atoms with E-state index >= 15 is 0 Å². The zero-order chi connectivity index (χ0) is 15.5. The van der Waals surface area contributed by atoms with E-state index in [0.717, 1.165) is 25.9 Å². The summed E-state index contributed by atoms with van der Waals surface area (Å²) in [6, 6.07) is 6.74. The summed E-state index contributed by atoms with van der Waals surface area (Å²) < 4.78 is 0. The molecule has 1 aromatic heterocycles. The second-order valence-corrected chi connectivity index (χ2v) is 5.22. The largest absolute Gasteiger partial charge is 0.342 e. The molecular weight excluding hydrogens is 284 g/mol. The molecule has 0 saturated carbocycles. The first kappa shape index (κ1) is 14.2. The molecule has 2 amide bonds. The Kier molecular flexibility index (Phi) is 3.86. The Balaban J connectivity index is 1.76. The predicted molar refractivity (Wildman–Crippen MR) is 80.5 cm³/mol. The number of likely N-dealkylation sites (tertiary alicyclic amines) is 1. The van der Waals surface area contributed by atoms with Crippen LogP contribution in [-0.2, 0) is 4.79 Å². The van der Waals surface area contributed by atoms with E-state index in [9.17, 15) is 14.4 Å². The summed E-state index contributed by atoms with van der Waals surface area (Å²) in [5.74, 6) is -0.570. The van der Waals surface area contributed by atoms with E-state index in [4.69, 9.17) is 0 Å². The molecule has 7 nitrogen and oxygen atoms in total. The van der Waals surface area contributed by atoms with Crippen molar-refractivity contribution < 1.29 is 9.59 Å². The molecule has 2 aromatic rings. The van der Waals surface area contributed by atoms with E-state index in [-0.39, 0.29) is 23.7 Å². The van der Waals surface area contributed by atoms with Gasteiger partial charge in [0.25, 0.3) is 11.5 Å². The molecule has 1 aliphatic rings. The number of hydrogen-bond donors (Lipinski definition) is 2. The second-order valence-electron chi connectivity index (χ2n) is 5.22. The first-order valence-corrected chi connectivity index (χ1v) is 7.20. The molecule has 0 spiro atoms. The van der Waals surface area contributed by atoms with Crippen LogP contribution in [0.5, 0.6) is 0 Å². The lowest BCUT2D eigenvalue weighted by Crippen LogP contribution is -2.39. The number of rotatable bonds is 3. The molecule has 1 fully saturated rings. The van der Waals surface area contributed by atoms with Gasteiger partial charge in [0, 0.05) is 18.5 Å². The van der Waals surface area contributed by atoms with Gasteiger partial charge in [-0.15, -0.1) is 0 Å². The molecule has 7 heteroatoms. The predicted octanol–water partition coefficient (Wildman–Crippen LogP) is 0.275. The van der Waals surface area contributed by atoms with Crippen molar-refractivity contribution in [3.05, 3.63) is 40.3 Å². The fraction of sp³-hybridized carbons (Fsp3) is 0.333. The van der Waals surface area contributed by atoms with Gasteiger partial charge in [0.15, 0.2) is 5.69 Å². The molecule has 1 aliphatic heterocycles. The summed E-state index contributed by atoms with van der Waals surface area (Å²) in [6.07, 6.45) is 2.01. The number of fused-ring (bicyclic) bond motifs is 1. The minimum Gasteiger partial charge on any atom is -0.342 e. The number of benzene rings is 1. The Morgan fingerprint density at radius 2 is 1.86 bits per heavy atom. The van der Waals surface area contributed by atoms with Crippen molar-refractivity contribution in [1.29, 1.82) is 0 Å². The van der Waals surface area contributed by atoms with E-state index in [0.29, 0.717) is 10.8 Å². The molecule has 22 heavy (non-hydrogen) atoms. The highest BCUT2D eigenvalue weighted by molar-refractivity contribution is 6.05. The van der Waals surface area contributed by atoms with Crippen molar-refractivity contribution in [1.82, 2.24) is 20.4 Å². The van der Waals surface area contributed by atoms with Gasteiger partial charge in [0.2, 0.25) is 5.91 Å². The van der Waals surface area contributed by atoms with Crippen LogP contribution in [0, 0.1) is 0 Å². The molecule has 3 rings (SSSR count). The van der Waals surface area contributed by atoms with Crippen LogP contribution in [0.25, 0.3) is 10.8 Å². The van der Waals surface area contributed by atoms with Crippen LogP contribution in [0.2, 0.25) is 0 Å². The van der Waals surface area contributed by atoms with Crippen molar-refractivity contribution >= 4 is 22.6 Å². The lowest BCUT2D eigenvalue weighted by molar-refractivity contribution is -0.129. The lowest BCUT2D eigenvalue weighted by Gasteiger charge is -2.15. The summed E-state index contributed by atoms with van der Waals surface area (Å²) in [5.41, 5.74) is -0.232. The molecule has 0 unspecified atom stereocenters. The molecule has 0 radical (unpaired) electrons. The van der Waals surface area contributed by atoms with E-state index in [1.54, 1.807) is 29.2 Å². The topological polar surface area (TPSA) is 95.2 Å². The Labute approximate surface area is 126 Å². The highest BCUT2D eigenvalue weighted by Gasteiger charge is 2.19. The van der Waals surface area contributed by atoms with Crippen molar-refractivity contribution in [2.24, 2.45) is 0 Å². The third-order valence-corrected chi connectivity index (χ3v) is 3.77. The van der Waals surface area contributed by atoms with Gasteiger partial charge in [-0.1, -0.05) is 18.2 Å². The number of aromatic amines is 1. The molecule has 2 N–H and O–H groups in total. The summed E-state index contributed by atoms with van der Waals surface area (Å²) in [4.78, 5) is 37.6. The van der Waals surface area contributed by atoms with Crippen molar-refractivity contribution in [2.45, 2.75) is 12.8 Å². The maximum Gasteiger partial charge on any atom is 0.272 e. The zero-order valence-electron chi connectivity index (χ0n) is 12.0. The molecule has 0 aliphatic carbocycles. The molecule has 1 aromatic carbocycles. The minimum absolute atomic E-state index is 0.0615. The average Bonchev–Trinajstić information content (AvgIpc) is 3.07. The number of nitrogens with zero attached hydrogens (tertiary/aromatic N) is 2. The van der Waals surface area contributed by atoms with Crippen LogP contribution in [0.15, 0.2) is 29.1 Å². The van der Waals surface area contributed by atoms with E-state index in [1.165, 1.54) is 0 Å².